The Balaban J connectivity index is 0.000000190. The molecule has 3 aromatic rings. The number of aromatic nitrogens is 3. The zero-order valence-corrected chi connectivity index (χ0v) is 18.0. The van der Waals surface area contributed by atoms with Crippen LogP contribution in [-0.2, 0) is 13.2 Å². The number of hydrogen-bond donors (Lipinski definition) is 2. The highest BCUT2D eigenvalue weighted by Gasteiger charge is 2.33. The number of fused-ring (bicyclic) bond motifs is 1. The Labute approximate surface area is 181 Å². The van der Waals surface area contributed by atoms with Crippen LogP contribution >= 0.6 is 0 Å². The van der Waals surface area contributed by atoms with Crippen molar-refractivity contribution in [2.45, 2.75) is 51.6 Å². The van der Waals surface area contributed by atoms with Crippen LogP contribution in [0, 0.1) is 6.92 Å². The second-order valence-corrected chi connectivity index (χ2v) is 7.60. The molecule has 0 amide bonds. The van der Waals surface area contributed by atoms with E-state index in [1.165, 1.54) is 44.6 Å². The fourth-order valence-corrected chi connectivity index (χ4v) is 3.26. The molecule has 2 aromatic heterocycles. The first kappa shape index (κ1) is 24.2. The SMILES string of the molecule is C1CCCCC1.C=C(N)c1ccnn1C.Cc1ccc2nc(C(F)(F)F)cc(N)c2c1. The molecule has 0 atom stereocenters. The van der Waals surface area contributed by atoms with Gasteiger partial charge in [-0.05, 0) is 31.2 Å². The molecule has 0 saturated heterocycles. The van der Waals surface area contributed by atoms with Crippen LogP contribution in [0.15, 0.2) is 43.1 Å². The molecule has 1 saturated carbocycles. The highest BCUT2D eigenvalue weighted by molar-refractivity contribution is 5.90. The molecular weight excluding hydrogens is 403 g/mol. The van der Waals surface area contributed by atoms with Crippen molar-refractivity contribution in [1.29, 1.82) is 0 Å². The lowest BCUT2D eigenvalue weighted by Crippen LogP contribution is -2.09. The molecule has 4 N–H and O–H groups in total. The van der Waals surface area contributed by atoms with Crippen LogP contribution in [0.25, 0.3) is 16.6 Å². The lowest BCUT2D eigenvalue weighted by atomic mass is 10.0. The van der Waals surface area contributed by atoms with Crippen LogP contribution in [0.1, 0.15) is 55.5 Å². The third-order valence-electron chi connectivity index (χ3n) is 4.94. The predicted molar refractivity (Wildman–Crippen MR) is 120 cm³/mol. The maximum Gasteiger partial charge on any atom is 0.433 e. The third-order valence-corrected chi connectivity index (χ3v) is 4.94. The summed E-state index contributed by atoms with van der Waals surface area (Å²) in [7, 11) is 1.83. The van der Waals surface area contributed by atoms with E-state index in [1.807, 2.05) is 20.0 Å². The lowest BCUT2D eigenvalue weighted by molar-refractivity contribution is -0.140. The maximum atomic E-state index is 12.5. The molecule has 168 valence electrons. The summed E-state index contributed by atoms with van der Waals surface area (Å²) >= 11 is 0. The van der Waals surface area contributed by atoms with Gasteiger partial charge in [0.15, 0.2) is 0 Å². The van der Waals surface area contributed by atoms with Gasteiger partial charge < -0.3 is 11.5 Å². The van der Waals surface area contributed by atoms with Crippen LogP contribution < -0.4 is 11.5 Å². The highest BCUT2D eigenvalue weighted by Crippen LogP contribution is 2.32. The molecule has 5 nitrogen and oxygen atoms in total. The van der Waals surface area contributed by atoms with Gasteiger partial charge in [0.2, 0.25) is 0 Å². The molecule has 0 spiro atoms. The fraction of sp³-hybridized carbons (Fsp3) is 0.391. The summed E-state index contributed by atoms with van der Waals surface area (Å²) in [5.74, 6) is 0. The minimum atomic E-state index is -4.47. The van der Waals surface area contributed by atoms with Crippen molar-refractivity contribution in [2.24, 2.45) is 12.8 Å². The van der Waals surface area contributed by atoms with Crippen LogP contribution in [-0.4, -0.2) is 14.8 Å². The second-order valence-electron chi connectivity index (χ2n) is 7.60. The van der Waals surface area contributed by atoms with Gasteiger partial charge in [0.05, 0.1) is 11.2 Å². The first-order valence-electron chi connectivity index (χ1n) is 10.3. The second kappa shape index (κ2) is 10.8. The van der Waals surface area contributed by atoms with Crippen molar-refractivity contribution < 1.29 is 13.2 Å². The van der Waals surface area contributed by atoms with Gasteiger partial charge in [0.1, 0.15) is 5.69 Å². The van der Waals surface area contributed by atoms with E-state index < -0.39 is 11.9 Å². The normalized spacial score (nSPS) is 13.6. The van der Waals surface area contributed by atoms with Crippen molar-refractivity contribution in [3.05, 3.63) is 60.1 Å². The number of nitrogens with two attached hydrogens (primary N) is 2. The zero-order chi connectivity index (χ0) is 23.0. The van der Waals surface area contributed by atoms with Crippen molar-refractivity contribution in [3.63, 3.8) is 0 Å². The first-order chi connectivity index (χ1) is 14.6. The average Bonchev–Trinajstić information content (AvgIpc) is 3.16. The summed E-state index contributed by atoms with van der Waals surface area (Å²) in [4.78, 5) is 3.54. The number of halogens is 3. The summed E-state index contributed by atoms with van der Waals surface area (Å²) in [5.41, 5.74) is 12.7. The molecule has 4 rings (SSSR count). The summed E-state index contributed by atoms with van der Waals surface area (Å²) in [6, 6.07) is 7.65. The Bertz CT molecular complexity index is 993. The van der Waals surface area contributed by atoms with Gasteiger partial charge in [0, 0.05) is 30.0 Å². The molecule has 2 heterocycles. The molecule has 8 heteroatoms. The van der Waals surface area contributed by atoms with Gasteiger partial charge in [0.25, 0.3) is 0 Å². The van der Waals surface area contributed by atoms with Crippen molar-refractivity contribution >= 4 is 22.3 Å². The molecule has 1 fully saturated rings. The Morgan fingerprint density at radius 1 is 1.03 bits per heavy atom. The summed E-state index contributed by atoms with van der Waals surface area (Å²) in [6.07, 6.45) is 6.22. The summed E-state index contributed by atoms with van der Waals surface area (Å²) in [5, 5.41) is 4.46. The Morgan fingerprint density at radius 2 is 1.61 bits per heavy atom. The van der Waals surface area contributed by atoms with Gasteiger partial charge >= 0.3 is 6.18 Å². The van der Waals surface area contributed by atoms with Crippen LogP contribution in [0.3, 0.4) is 0 Å². The summed E-state index contributed by atoms with van der Waals surface area (Å²) < 4.78 is 39.1. The fourth-order valence-electron chi connectivity index (χ4n) is 3.26. The monoisotopic (exact) mass is 433 g/mol. The minimum Gasteiger partial charge on any atom is -0.398 e. The van der Waals surface area contributed by atoms with Gasteiger partial charge in [-0.2, -0.15) is 18.3 Å². The minimum absolute atomic E-state index is 0.0982. The van der Waals surface area contributed by atoms with E-state index in [-0.39, 0.29) is 11.2 Å². The van der Waals surface area contributed by atoms with E-state index in [4.69, 9.17) is 11.5 Å². The van der Waals surface area contributed by atoms with Gasteiger partial charge in [-0.1, -0.05) is 56.7 Å². The average molecular weight is 434 g/mol. The molecule has 31 heavy (non-hydrogen) atoms. The quantitative estimate of drug-likeness (QED) is 0.505. The van der Waals surface area contributed by atoms with Gasteiger partial charge in [-0.15, -0.1) is 0 Å². The van der Waals surface area contributed by atoms with Gasteiger partial charge in [-0.25, -0.2) is 4.98 Å². The number of nitrogen functional groups attached to an aromatic ring is 1. The maximum absolute atomic E-state index is 12.5. The van der Waals surface area contributed by atoms with Crippen LogP contribution in [0.5, 0.6) is 0 Å². The Kier molecular flexibility index (Phi) is 8.47. The smallest absolute Gasteiger partial charge is 0.398 e. The Hall–Kier alpha value is -3.03. The van der Waals surface area contributed by atoms with E-state index in [1.54, 1.807) is 23.0 Å². The van der Waals surface area contributed by atoms with E-state index in [0.29, 0.717) is 11.1 Å². The molecule has 1 aliphatic rings. The number of rotatable bonds is 1. The number of nitrogens with zero attached hydrogens (tertiary/aromatic N) is 3. The number of aryl methyl sites for hydroxylation is 2. The molecular formula is C23H30F3N5. The molecule has 0 aliphatic heterocycles. The van der Waals surface area contributed by atoms with Crippen LogP contribution in [0.4, 0.5) is 18.9 Å². The lowest BCUT2D eigenvalue weighted by Gasteiger charge is -2.09. The predicted octanol–water partition coefficient (Wildman–Crippen LogP) is 5.83. The number of alkyl halides is 3. The standard InChI is InChI=1S/C11H9F3N2.C6H9N3.C6H12/c1-6-2-3-9-7(4-6)8(15)5-10(16-9)11(12,13)14;1-5(7)6-3-4-8-9(6)2;1-2-4-6-5-3-1/h2-5H,1H3,(H2,15,16);3-4H,1,7H2,2H3;1-6H2. The third kappa shape index (κ3) is 7.31. The van der Waals surface area contributed by atoms with Crippen molar-refractivity contribution in [1.82, 2.24) is 14.8 Å². The molecule has 0 bridgehead atoms. The van der Waals surface area contributed by atoms with E-state index in [9.17, 15) is 13.2 Å². The van der Waals surface area contributed by atoms with Crippen molar-refractivity contribution in [2.75, 3.05) is 5.73 Å². The van der Waals surface area contributed by atoms with Gasteiger partial charge in [-0.3, -0.25) is 4.68 Å². The topological polar surface area (TPSA) is 82.8 Å². The van der Waals surface area contributed by atoms with Crippen LogP contribution in [0.2, 0.25) is 0 Å². The molecule has 1 aromatic carbocycles. The molecule has 0 unspecified atom stereocenters. The number of anilines is 1. The number of pyridine rings is 1. The van der Waals surface area contributed by atoms with E-state index >= 15 is 0 Å². The van der Waals surface area contributed by atoms with E-state index in [0.717, 1.165) is 17.3 Å². The highest BCUT2D eigenvalue weighted by atomic mass is 19.4. The first-order valence-corrected chi connectivity index (χ1v) is 10.3. The number of hydrogen-bond acceptors (Lipinski definition) is 4. The largest absolute Gasteiger partial charge is 0.433 e. The number of benzene rings is 1. The zero-order valence-electron chi connectivity index (χ0n) is 18.0. The van der Waals surface area contributed by atoms with E-state index in [2.05, 4.69) is 16.7 Å². The Morgan fingerprint density at radius 3 is 2.03 bits per heavy atom. The summed E-state index contributed by atoms with van der Waals surface area (Å²) in [6.45, 7) is 5.42. The molecule has 0 radical (unpaired) electrons. The molecule has 1 aliphatic carbocycles. The van der Waals surface area contributed by atoms with Crippen molar-refractivity contribution in [3.8, 4) is 0 Å².